The van der Waals surface area contributed by atoms with Crippen LogP contribution >= 0.6 is 11.6 Å². The predicted molar refractivity (Wildman–Crippen MR) is 92.7 cm³/mol. The lowest BCUT2D eigenvalue weighted by Crippen LogP contribution is -2.20. The summed E-state index contributed by atoms with van der Waals surface area (Å²) in [5.41, 5.74) is 1.91. The molecule has 1 N–H and O–H groups in total. The van der Waals surface area contributed by atoms with Crippen molar-refractivity contribution in [3.63, 3.8) is 0 Å². The smallest absolute Gasteiger partial charge is 0.338 e. The second-order valence-electron chi connectivity index (χ2n) is 5.04. The normalized spacial score (nSPS) is 10.1. The van der Waals surface area contributed by atoms with E-state index in [0.29, 0.717) is 28.6 Å². The Morgan fingerprint density at radius 2 is 1.96 bits per heavy atom. The number of hydrogen-bond donors (Lipinski definition) is 1. The van der Waals surface area contributed by atoms with Crippen LogP contribution in [0.3, 0.4) is 0 Å². The Hall–Kier alpha value is -2.53. The van der Waals surface area contributed by atoms with Gasteiger partial charge in [0, 0.05) is 10.7 Å². The molecule has 2 aromatic carbocycles. The number of hydrogen-bond acceptors (Lipinski definition) is 4. The van der Waals surface area contributed by atoms with Gasteiger partial charge in [-0.1, -0.05) is 23.7 Å². The van der Waals surface area contributed by atoms with Crippen molar-refractivity contribution in [2.75, 3.05) is 18.5 Å². The van der Waals surface area contributed by atoms with Gasteiger partial charge in [-0.15, -0.1) is 0 Å². The quantitative estimate of drug-likeness (QED) is 0.806. The van der Waals surface area contributed by atoms with E-state index in [1.807, 2.05) is 13.0 Å². The molecule has 0 spiro atoms. The summed E-state index contributed by atoms with van der Waals surface area (Å²) in [5.74, 6) is -0.331. The van der Waals surface area contributed by atoms with Crippen LogP contribution in [0.2, 0.25) is 5.02 Å². The van der Waals surface area contributed by atoms with Crippen LogP contribution in [0.25, 0.3) is 0 Å². The van der Waals surface area contributed by atoms with Crippen molar-refractivity contribution in [1.82, 2.24) is 0 Å². The van der Waals surface area contributed by atoms with Crippen molar-refractivity contribution in [2.24, 2.45) is 0 Å². The van der Waals surface area contributed by atoms with Crippen LogP contribution in [-0.4, -0.2) is 25.1 Å². The summed E-state index contributed by atoms with van der Waals surface area (Å²) < 4.78 is 10.4. The van der Waals surface area contributed by atoms with Gasteiger partial charge in [-0.05, 0) is 49.7 Å². The number of carbonyl (C=O) groups is 2. The molecular weight excluding hydrogens is 330 g/mol. The standard InChI is InChI=1S/C18H18ClNO4/c1-3-23-18(22)13-5-4-6-15(9-13)24-11-17(21)20-16-10-14(19)8-7-12(16)2/h4-10H,3,11H2,1-2H3,(H,20,21). The topological polar surface area (TPSA) is 64.6 Å². The summed E-state index contributed by atoms with van der Waals surface area (Å²) in [5, 5.41) is 3.28. The third-order valence-corrected chi connectivity index (χ3v) is 3.42. The molecule has 0 aromatic heterocycles. The zero-order valence-corrected chi connectivity index (χ0v) is 14.2. The lowest BCUT2D eigenvalue weighted by Gasteiger charge is -2.10. The summed E-state index contributed by atoms with van der Waals surface area (Å²) in [6.07, 6.45) is 0. The van der Waals surface area contributed by atoms with E-state index in [1.165, 1.54) is 6.07 Å². The highest BCUT2D eigenvalue weighted by Gasteiger charge is 2.09. The summed E-state index contributed by atoms with van der Waals surface area (Å²) in [6, 6.07) is 11.7. The van der Waals surface area contributed by atoms with E-state index >= 15 is 0 Å². The van der Waals surface area contributed by atoms with Crippen LogP contribution in [0.5, 0.6) is 5.75 Å². The maximum Gasteiger partial charge on any atom is 0.338 e. The number of benzene rings is 2. The fourth-order valence-electron chi connectivity index (χ4n) is 1.99. The van der Waals surface area contributed by atoms with Crippen LogP contribution in [-0.2, 0) is 9.53 Å². The first-order valence-corrected chi connectivity index (χ1v) is 7.83. The van der Waals surface area contributed by atoms with Crippen LogP contribution in [0.15, 0.2) is 42.5 Å². The zero-order chi connectivity index (χ0) is 17.5. The van der Waals surface area contributed by atoms with Gasteiger partial charge >= 0.3 is 5.97 Å². The molecule has 5 nitrogen and oxygen atoms in total. The Labute approximate surface area is 145 Å². The lowest BCUT2D eigenvalue weighted by molar-refractivity contribution is -0.118. The molecule has 0 atom stereocenters. The van der Waals surface area contributed by atoms with Crippen molar-refractivity contribution in [3.8, 4) is 5.75 Å². The Morgan fingerprint density at radius 1 is 1.17 bits per heavy atom. The molecule has 0 saturated heterocycles. The van der Waals surface area contributed by atoms with Gasteiger partial charge in [-0.3, -0.25) is 4.79 Å². The maximum absolute atomic E-state index is 12.0. The van der Waals surface area contributed by atoms with Crippen LogP contribution in [0, 0.1) is 6.92 Å². The van der Waals surface area contributed by atoms with Crippen molar-refractivity contribution in [2.45, 2.75) is 13.8 Å². The molecule has 0 aliphatic heterocycles. The Morgan fingerprint density at radius 3 is 2.71 bits per heavy atom. The average Bonchev–Trinajstić information content (AvgIpc) is 2.57. The molecule has 2 aromatic rings. The first-order valence-electron chi connectivity index (χ1n) is 7.45. The van der Waals surface area contributed by atoms with E-state index in [0.717, 1.165) is 5.56 Å². The predicted octanol–water partition coefficient (Wildman–Crippen LogP) is 3.84. The summed E-state index contributed by atoms with van der Waals surface area (Å²) in [7, 11) is 0. The number of esters is 1. The van der Waals surface area contributed by atoms with E-state index in [-0.39, 0.29) is 12.5 Å². The van der Waals surface area contributed by atoms with E-state index in [9.17, 15) is 9.59 Å². The Balaban J connectivity index is 1.95. The minimum Gasteiger partial charge on any atom is -0.484 e. The molecule has 0 bridgehead atoms. The third kappa shape index (κ3) is 4.99. The lowest BCUT2D eigenvalue weighted by atomic mass is 10.2. The van der Waals surface area contributed by atoms with Gasteiger partial charge in [0.2, 0.25) is 0 Å². The largest absolute Gasteiger partial charge is 0.484 e. The SMILES string of the molecule is CCOC(=O)c1cccc(OCC(=O)Nc2cc(Cl)ccc2C)c1. The van der Waals surface area contributed by atoms with Crippen LogP contribution < -0.4 is 10.1 Å². The van der Waals surface area contributed by atoms with Gasteiger partial charge in [-0.25, -0.2) is 4.79 Å². The van der Waals surface area contributed by atoms with Gasteiger partial charge < -0.3 is 14.8 Å². The molecule has 0 heterocycles. The van der Waals surface area contributed by atoms with Crippen molar-refractivity contribution in [1.29, 1.82) is 0 Å². The maximum atomic E-state index is 12.0. The van der Waals surface area contributed by atoms with E-state index in [1.54, 1.807) is 37.3 Å². The van der Waals surface area contributed by atoms with Crippen molar-refractivity contribution >= 4 is 29.2 Å². The van der Waals surface area contributed by atoms with E-state index in [2.05, 4.69) is 5.32 Å². The fourth-order valence-corrected chi connectivity index (χ4v) is 2.16. The molecule has 6 heteroatoms. The van der Waals surface area contributed by atoms with Crippen molar-refractivity contribution < 1.29 is 19.1 Å². The molecule has 126 valence electrons. The monoisotopic (exact) mass is 347 g/mol. The molecule has 1 amide bonds. The highest BCUT2D eigenvalue weighted by atomic mass is 35.5. The van der Waals surface area contributed by atoms with E-state index < -0.39 is 5.97 Å². The van der Waals surface area contributed by atoms with Crippen LogP contribution in [0.1, 0.15) is 22.8 Å². The van der Waals surface area contributed by atoms with E-state index in [4.69, 9.17) is 21.1 Å². The number of nitrogens with one attached hydrogen (secondary N) is 1. The fraction of sp³-hybridized carbons (Fsp3) is 0.222. The highest BCUT2D eigenvalue weighted by molar-refractivity contribution is 6.31. The van der Waals surface area contributed by atoms with Gasteiger partial charge in [0.15, 0.2) is 6.61 Å². The molecule has 0 aliphatic carbocycles. The molecule has 0 radical (unpaired) electrons. The van der Waals surface area contributed by atoms with Crippen LogP contribution in [0.4, 0.5) is 5.69 Å². The number of carbonyl (C=O) groups excluding carboxylic acids is 2. The highest BCUT2D eigenvalue weighted by Crippen LogP contribution is 2.20. The zero-order valence-electron chi connectivity index (χ0n) is 13.5. The summed E-state index contributed by atoms with van der Waals surface area (Å²) in [6.45, 7) is 3.72. The second-order valence-corrected chi connectivity index (χ2v) is 5.48. The summed E-state index contributed by atoms with van der Waals surface area (Å²) in [4.78, 5) is 23.7. The molecule has 24 heavy (non-hydrogen) atoms. The van der Waals surface area contributed by atoms with Gasteiger partial charge in [-0.2, -0.15) is 0 Å². The number of anilines is 1. The second kappa shape index (κ2) is 8.36. The number of halogens is 1. The molecular formula is C18H18ClNO4. The Bertz CT molecular complexity index is 746. The molecule has 0 fully saturated rings. The number of aryl methyl sites for hydroxylation is 1. The number of ether oxygens (including phenoxy) is 2. The van der Waals surface area contributed by atoms with Gasteiger partial charge in [0.05, 0.1) is 12.2 Å². The number of amides is 1. The molecule has 0 saturated carbocycles. The first-order chi connectivity index (χ1) is 11.5. The van der Waals surface area contributed by atoms with Gasteiger partial charge in [0.25, 0.3) is 5.91 Å². The average molecular weight is 348 g/mol. The first kappa shape index (κ1) is 17.8. The molecule has 0 aliphatic rings. The minimum absolute atomic E-state index is 0.182. The minimum atomic E-state index is -0.429. The van der Waals surface area contributed by atoms with Gasteiger partial charge in [0.1, 0.15) is 5.75 Å². The number of rotatable bonds is 6. The van der Waals surface area contributed by atoms with Crippen molar-refractivity contribution in [3.05, 3.63) is 58.6 Å². The molecule has 0 unspecified atom stereocenters. The third-order valence-electron chi connectivity index (χ3n) is 3.19. The molecule has 2 rings (SSSR count). The summed E-state index contributed by atoms with van der Waals surface area (Å²) >= 11 is 5.92. The Kier molecular flexibility index (Phi) is 6.21.